The average molecular weight is 559 g/mol. The molecule has 40 heavy (non-hydrogen) atoms. The van der Waals surface area contributed by atoms with Gasteiger partial charge in [0.25, 0.3) is 0 Å². The number of unbranched alkanes of at least 4 members (excludes halogenated alkanes) is 4. The third-order valence-corrected chi connectivity index (χ3v) is 6.00. The van der Waals surface area contributed by atoms with Crippen molar-refractivity contribution in [2.75, 3.05) is 0 Å². The predicted molar refractivity (Wildman–Crippen MR) is 144 cm³/mol. The molecule has 2 rings (SSSR count). The fourth-order valence-corrected chi connectivity index (χ4v) is 3.86. The minimum atomic E-state index is -1.23. The van der Waals surface area contributed by atoms with Gasteiger partial charge in [-0.1, -0.05) is 86.3 Å². The summed E-state index contributed by atoms with van der Waals surface area (Å²) in [5.74, 6) is -2.36. The quantitative estimate of drug-likeness (QED) is 0.100. The van der Waals surface area contributed by atoms with Crippen molar-refractivity contribution in [3.63, 3.8) is 0 Å². The van der Waals surface area contributed by atoms with Crippen molar-refractivity contribution in [3.05, 3.63) is 71.8 Å². The topological polar surface area (TPSA) is 135 Å². The highest BCUT2D eigenvalue weighted by atomic mass is 16.8. The van der Waals surface area contributed by atoms with Crippen LogP contribution in [-0.4, -0.2) is 41.7 Å². The maximum absolute atomic E-state index is 13.0. The number of carbonyl (C=O) groups excluding carboxylic acids is 3. The number of hydrogen-bond donors (Lipinski definition) is 1. The van der Waals surface area contributed by atoms with E-state index in [4.69, 9.17) is 28.8 Å². The Morgan fingerprint density at radius 2 is 1.18 bits per heavy atom. The highest BCUT2D eigenvalue weighted by molar-refractivity contribution is 5.74. The number of carbonyl (C=O) groups is 4. The van der Waals surface area contributed by atoms with Crippen molar-refractivity contribution >= 4 is 24.2 Å². The molecule has 0 aromatic heterocycles. The highest BCUT2D eigenvalue weighted by Crippen LogP contribution is 2.21. The molecule has 0 bridgehead atoms. The van der Waals surface area contributed by atoms with E-state index in [0.717, 1.165) is 30.4 Å². The number of rotatable bonds is 17. The number of ether oxygens (including phenoxy) is 5. The molecule has 0 radical (unpaired) electrons. The summed E-state index contributed by atoms with van der Waals surface area (Å²) in [6, 6.07) is 18.1. The largest absolute Gasteiger partial charge is 0.511 e. The standard InChI is InChI=1S/C30H38O10/c1-22(38-29(34)36-20-24-14-8-6-9-15-24)26(18-12-4-3-5-13-19-27(31)32)28(33)39-23(2)40-30(35)37-21-25-16-10-7-11-17-25/h6-11,14-17,22-23,26H,3-5,12-13,18-21H2,1-2H3,(H,31,32). The molecule has 0 aliphatic carbocycles. The summed E-state index contributed by atoms with van der Waals surface area (Å²) in [7, 11) is 0. The molecule has 0 aliphatic heterocycles. The van der Waals surface area contributed by atoms with Crippen LogP contribution in [-0.2, 0) is 46.5 Å². The van der Waals surface area contributed by atoms with Crippen LogP contribution in [0.5, 0.6) is 0 Å². The number of esters is 1. The molecule has 10 heteroatoms. The molecule has 3 atom stereocenters. The molecule has 3 unspecified atom stereocenters. The Morgan fingerprint density at radius 3 is 1.73 bits per heavy atom. The molecule has 0 spiro atoms. The van der Waals surface area contributed by atoms with E-state index in [1.165, 1.54) is 6.92 Å². The zero-order valence-corrected chi connectivity index (χ0v) is 23.0. The smallest absolute Gasteiger partial charge is 0.481 e. The molecule has 0 saturated heterocycles. The van der Waals surface area contributed by atoms with E-state index in [2.05, 4.69) is 0 Å². The van der Waals surface area contributed by atoms with Crippen LogP contribution in [0.4, 0.5) is 9.59 Å². The van der Waals surface area contributed by atoms with Crippen LogP contribution in [0.25, 0.3) is 0 Å². The first-order valence-electron chi connectivity index (χ1n) is 13.4. The van der Waals surface area contributed by atoms with Crippen molar-refractivity contribution in [2.45, 2.75) is 84.4 Å². The highest BCUT2D eigenvalue weighted by Gasteiger charge is 2.31. The van der Waals surface area contributed by atoms with Crippen LogP contribution in [0.1, 0.15) is 69.9 Å². The van der Waals surface area contributed by atoms with Crippen LogP contribution in [0.2, 0.25) is 0 Å². The van der Waals surface area contributed by atoms with Gasteiger partial charge in [-0.05, 0) is 30.9 Å². The molecule has 1 N–H and O–H groups in total. The molecular weight excluding hydrogens is 520 g/mol. The Labute approximate surface area is 234 Å². The number of benzene rings is 2. The van der Waals surface area contributed by atoms with Crippen LogP contribution >= 0.6 is 0 Å². The lowest BCUT2D eigenvalue weighted by Crippen LogP contribution is -2.34. The summed E-state index contributed by atoms with van der Waals surface area (Å²) in [5, 5.41) is 8.75. The van der Waals surface area contributed by atoms with E-state index in [1.807, 2.05) is 36.4 Å². The van der Waals surface area contributed by atoms with Gasteiger partial charge in [-0.25, -0.2) is 9.59 Å². The van der Waals surface area contributed by atoms with E-state index >= 15 is 0 Å². The first kappa shape index (κ1) is 32.1. The Bertz CT molecular complexity index is 1040. The van der Waals surface area contributed by atoms with Gasteiger partial charge in [0.05, 0.1) is 5.92 Å². The first-order valence-corrected chi connectivity index (χ1v) is 13.4. The van der Waals surface area contributed by atoms with Gasteiger partial charge in [0, 0.05) is 13.3 Å². The normalized spacial score (nSPS) is 12.8. The molecule has 0 aliphatic rings. The van der Waals surface area contributed by atoms with Crippen LogP contribution in [0.15, 0.2) is 60.7 Å². The number of carboxylic acids is 1. The van der Waals surface area contributed by atoms with Gasteiger partial charge in [0.1, 0.15) is 19.3 Å². The molecule has 0 heterocycles. The molecular formula is C30H38O10. The maximum atomic E-state index is 13.0. The van der Waals surface area contributed by atoms with Gasteiger partial charge in [-0.3, -0.25) is 9.59 Å². The third kappa shape index (κ3) is 13.6. The lowest BCUT2D eigenvalue weighted by Gasteiger charge is -2.24. The number of carboxylic acid groups (broad SMARTS) is 1. The molecule has 2 aromatic rings. The SMILES string of the molecule is CC(OC(=O)OCc1ccccc1)OC(=O)C(CCCCCCCC(=O)O)C(C)OC(=O)OCc1ccccc1. The van der Waals surface area contributed by atoms with Crippen LogP contribution in [0.3, 0.4) is 0 Å². The van der Waals surface area contributed by atoms with Gasteiger partial charge < -0.3 is 28.8 Å². The van der Waals surface area contributed by atoms with E-state index in [-0.39, 0.29) is 19.6 Å². The Kier molecular flexibility index (Phi) is 14.7. The second kappa shape index (κ2) is 18.3. The van der Waals surface area contributed by atoms with Crippen LogP contribution in [0, 0.1) is 5.92 Å². The molecule has 218 valence electrons. The second-order valence-electron chi connectivity index (χ2n) is 9.30. The van der Waals surface area contributed by atoms with Gasteiger partial charge in [0.15, 0.2) is 0 Å². The Balaban J connectivity index is 1.86. The maximum Gasteiger partial charge on any atom is 0.511 e. The summed E-state index contributed by atoms with van der Waals surface area (Å²) < 4.78 is 26.0. The van der Waals surface area contributed by atoms with E-state index in [0.29, 0.717) is 19.3 Å². The van der Waals surface area contributed by atoms with E-state index in [1.54, 1.807) is 31.2 Å². The lowest BCUT2D eigenvalue weighted by atomic mass is 9.95. The zero-order valence-electron chi connectivity index (χ0n) is 23.0. The number of aliphatic carboxylic acids is 1. The summed E-state index contributed by atoms with van der Waals surface area (Å²) in [4.78, 5) is 48.0. The van der Waals surface area contributed by atoms with Crippen molar-refractivity contribution in [1.29, 1.82) is 0 Å². The molecule has 2 aromatic carbocycles. The lowest BCUT2D eigenvalue weighted by molar-refractivity contribution is -0.177. The fraction of sp³-hybridized carbons (Fsp3) is 0.467. The van der Waals surface area contributed by atoms with Crippen molar-refractivity contribution in [3.8, 4) is 0 Å². The fourth-order valence-electron chi connectivity index (χ4n) is 3.86. The second-order valence-corrected chi connectivity index (χ2v) is 9.30. The summed E-state index contributed by atoms with van der Waals surface area (Å²) in [6.07, 6.45) is -0.0274. The first-order chi connectivity index (χ1) is 19.2. The zero-order chi connectivity index (χ0) is 29.2. The van der Waals surface area contributed by atoms with Gasteiger partial charge in [0.2, 0.25) is 6.29 Å². The molecule has 0 amide bonds. The molecule has 10 nitrogen and oxygen atoms in total. The summed E-state index contributed by atoms with van der Waals surface area (Å²) in [5.41, 5.74) is 1.56. The molecule has 0 fully saturated rings. The molecule has 0 saturated carbocycles. The van der Waals surface area contributed by atoms with E-state index in [9.17, 15) is 19.2 Å². The Morgan fingerprint density at radius 1 is 0.675 bits per heavy atom. The van der Waals surface area contributed by atoms with Gasteiger partial charge >= 0.3 is 24.2 Å². The number of hydrogen-bond acceptors (Lipinski definition) is 9. The summed E-state index contributed by atoms with van der Waals surface area (Å²) in [6.45, 7) is 2.99. The Hall–Kier alpha value is -4.08. The minimum absolute atomic E-state index is 0.00535. The monoisotopic (exact) mass is 558 g/mol. The third-order valence-electron chi connectivity index (χ3n) is 6.00. The minimum Gasteiger partial charge on any atom is -0.481 e. The van der Waals surface area contributed by atoms with Gasteiger partial charge in [-0.15, -0.1) is 0 Å². The van der Waals surface area contributed by atoms with Crippen molar-refractivity contribution < 1.29 is 48.0 Å². The van der Waals surface area contributed by atoms with Gasteiger partial charge in [-0.2, -0.15) is 0 Å². The van der Waals surface area contributed by atoms with Crippen LogP contribution < -0.4 is 0 Å². The summed E-state index contributed by atoms with van der Waals surface area (Å²) >= 11 is 0. The predicted octanol–water partition coefficient (Wildman–Crippen LogP) is 6.40. The van der Waals surface area contributed by atoms with E-state index < -0.39 is 42.6 Å². The van der Waals surface area contributed by atoms with Crippen molar-refractivity contribution in [2.24, 2.45) is 5.92 Å². The van der Waals surface area contributed by atoms with Crippen molar-refractivity contribution in [1.82, 2.24) is 0 Å². The average Bonchev–Trinajstić information content (AvgIpc) is 2.93.